The second-order valence-electron chi connectivity index (χ2n) is 8.45. The maximum absolute atomic E-state index is 13.5. The van der Waals surface area contributed by atoms with Gasteiger partial charge in [0.25, 0.3) is 5.91 Å². The Morgan fingerprint density at radius 3 is 2.19 bits per heavy atom. The van der Waals surface area contributed by atoms with Crippen LogP contribution in [0.5, 0.6) is 0 Å². The summed E-state index contributed by atoms with van der Waals surface area (Å²) in [5.74, 6) is -0.377. The number of fused-ring (bicyclic) bond motifs is 1. The van der Waals surface area contributed by atoms with Crippen LogP contribution in [0.15, 0.2) is 126 Å². The van der Waals surface area contributed by atoms with Crippen LogP contribution in [-0.4, -0.2) is 11.8 Å². The predicted octanol–water partition coefficient (Wildman–Crippen LogP) is 8.22. The van der Waals surface area contributed by atoms with E-state index in [1.807, 2.05) is 97.1 Å². The Labute approximate surface area is 224 Å². The summed E-state index contributed by atoms with van der Waals surface area (Å²) in [4.78, 5) is 27.1. The summed E-state index contributed by atoms with van der Waals surface area (Å²) in [6, 6.07) is 37.9. The van der Waals surface area contributed by atoms with Crippen LogP contribution in [0.2, 0.25) is 5.02 Å². The van der Waals surface area contributed by atoms with Crippen LogP contribution in [0.25, 0.3) is 10.8 Å². The molecule has 182 valence electrons. The van der Waals surface area contributed by atoms with E-state index in [-0.39, 0.29) is 11.8 Å². The van der Waals surface area contributed by atoms with Gasteiger partial charge in [0.05, 0.1) is 0 Å². The van der Waals surface area contributed by atoms with Crippen molar-refractivity contribution in [3.63, 3.8) is 0 Å². The molecule has 0 fully saturated rings. The van der Waals surface area contributed by atoms with Crippen LogP contribution in [0.1, 0.15) is 21.2 Å². The number of benzene rings is 5. The van der Waals surface area contributed by atoms with Gasteiger partial charge in [-0.2, -0.15) is 0 Å². The van der Waals surface area contributed by atoms with E-state index in [9.17, 15) is 9.59 Å². The van der Waals surface area contributed by atoms with Gasteiger partial charge in [-0.05, 0) is 64.9 Å². The van der Waals surface area contributed by atoms with E-state index < -0.39 is 5.25 Å². The Morgan fingerprint density at radius 2 is 1.38 bits per heavy atom. The van der Waals surface area contributed by atoms with Crippen molar-refractivity contribution < 1.29 is 9.59 Å². The molecule has 37 heavy (non-hydrogen) atoms. The highest BCUT2D eigenvalue weighted by molar-refractivity contribution is 8.00. The number of hydrogen-bond acceptors (Lipinski definition) is 3. The molecule has 0 saturated carbocycles. The Kier molecular flexibility index (Phi) is 7.54. The number of thioether (sulfide) groups is 1. The summed E-state index contributed by atoms with van der Waals surface area (Å²) in [6.45, 7) is 0. The minimum Gasteiger partial charge on any atom is -0.325 e. The molecule has 2 N–H and O–H groups in total. The first-order valence-electron chi connectivity index (χ1n) is 11.7. The fourth-order valence-electron chi connectivity index (χ4n) is 3.99. The highest BCUT2D eigenvalue weighted by Crippen LogP contribution is 2.37. The van der Waals surface area contributed by atoms with Crippen molar-refractivity contribution in [1.82, 2.24) is 0 Å². The van der Waals surface area contributed by atoms with Crippen LogP contribution in [0, 0.1) is 0 Å². The van der Waals surface area contributed by atoms with E-state index in [0.717, 1.165) is 26.9 Å². The maximum atomic E-state index is 13.5. The molecule has 4 nitrogen and oxygen atoms in total. The lowest BCUT2D eigenvalue weighted by Gasteiger charge is -2.18. The highest BCUT2D eigenvalue weighted by Gasteiger charge is 2.22. The van der Waals surface area contributed by atoms with E-state index in [2.05, 4.69) is 10.6 Å². The molecule has 0 aliphatic carbocycles. The largest absolute Gasteiger partial charge is 0.325 e. The number of carbonyl (C=O) groups is 2. The van der Waals surface area contributed by atoms with E-state index >= 15 is 0 Å². The lowest BCUT2D eigenvalue weighted by Crippen LogP contribution is -2.19. The van der Waals surface area contributed by atoms with Crippen molar-refractivity contribution in [3.8, 4) is 0 Å². The number of amides is 2. The van der Waals surface area contributed by atoms with E-state index in [1.165, 1.54) is 11.8 Å². The van der Waals surface area contributed by atoms with Gasteiger partial charge in [0.15, 0.2) is 0 Å². The Balaban J connectivity index is 1.36. The molecule has 0 aliphatic rings. The van der Waals surface area contributed by atoms with Crippen molar-refractivity contribution >= 4 is 57.3 Å². The zero-order valence-electron chi connectivity index (χ0n) is 19.7. The monoisotopic (exact) mass is 522 g/mol. The fourth-order valence-corrected chi connectivity index (χ4v) is 5.27. The minimum atomic E-state index is -0.494. The van der Waals surface area contributed by atoms with Crippen molar-refractivity contribution in [2.45, 2.75) is 10.1 Å². The van der Waals surface area contributed by atoms with Crippen LogP contribution in [0.4, 0.5) is 11.4 Å². The lowest BCUT2D eigenvalue weighted by atomic mass is 10.1. The molecule has 0 aliphatic heterocycles. The third-order valence-electron chi connectivity index (χ3n) is 5.79. The standard InChI is InChI=1S/C31H23ClN2O2S/c32-25-13-6-12-24(18-25)30(35)33-26-14-7-15-28(20-26)37-29(22-9-2-1-3-10-22)31(36)34-27-17-16-21-8-4-5-11-23(21)19-27/h1-20,29H,(H,33,35)(H,34,36). The summed E-state index contributed by atoms with van der Waals surface area (Å²) in [6.07, 6.45) is 0. The number of hydrogen-bond donors (Lipinski definition) is 2. The third kappa shape index (κ3) is 6.20. The van der Waals surface area contributed by atoms with Gasteiger partial charge in [-0.1, -0.05) is 84.4 Å². The number of halogens is 1. The molecule has 0 saturated heterocycles. The average molecular weight is 523 g/mol. The van der Waals surface area contributed by atoms with Gasteiger partial charge in [0.1, 0.15) is 5.25 Å². The van der Waals surface area contributed by atoms with Gasteiger partial charge < -0.3 is 10.6 Å². The second-order valence-corrected chi connectivity index (χ2v) is 10.1. The smallest absolute Gasteiger partial charge is 0.255 e. The molecular weight excluding hydrogens is 500 g/mol. The van der Waals surface area contributed by atoms with Crippen molar-refractivity contribution in [2.24, 2.45) is 0 Å². The first kappa shape index (κ1) is 24.6. The zero-order valence-corrected chi connectivity index (χ0v) is 21.3. The first-order valence-corrected chi connectivity index (χ1v) is 13.0. The normalized spacial score (nSPS) is 11.6. The van der Waals surface area contributed by atoms with Crippen molar-refractivity contribution in [2.75, 3.05) is 10.6 Å². The fraction of sp³-hybridized carbons (Fsp3) is 0.0323. The zero-order chi connectivity index (χ0) is 25.6. The molecule has 5 aromatic carbocycles. The molecule has 0 heterocycles. The van der Waals surface area contributed by atoms with Crippen LogP contribution >= 0.6 is 23.4 Å². The van der Waals surface area contributed by atoms with E-state index in [0.29, 0.717) is 16.3 Å². The molecule has 1 unspecified atom stereocenters. The summed E-state index contributed by atoms with van der Waals surface area (Å²) in [5.41, 5.74) is 2.74. The van der Waals surface area contributed by atoms with Crippen molar-refractivity contribution in [3.05, 3.63) is 137 Å². The molecule has 0 bridgehead atoms. The van der Waals surface area contributed by atoms with Gasteiger partial charge in [0.2, 0.25) is 5.91 Å². The molecule has 0 radical (unpaired) electrons. The average Bonchev–Trinajstić information content (AvgIpc) is 2.92. The molecule has 5 aromatic rings. The summed E-state index contributed by atoms with van der Waals surface area (Å²) >= 11 is 7.46. The van der Waals surface area contributed by atoms with Gasteiger partial charge in [-0.15, -0.1) is 11.8 Å². The quantitative estimate of drug-likeness (QED) is 0.212. The van der Waals surface area contributed by atoms with Crippen molar-refractivity contribution in [1.29, 1.82) is 0 Å². The minimum absolute atomic E-state index is 0.125. The topological polar surface area (TPSA) is 58.2 Å². The Bertz CT molecular complexity index is 1570. The molecule has 1 atom stereocenters. The summed E-state index contributed by atoms with van der Waals surface area (Å²) in [5, 5.41) is 8.18. The van der Waals surface area contributed by atoms with Crippen LogP contribution in [-0.2, 0) is 4.79 Å². The molecule has 6 heteroatoms. The molecular formula is C31H23ClN2O2S. The number of anilines is 2. The van der Waals surface area contributed by atoms with Gasteiger partial charge >= 0.3 is 0 Å². The lowest BCUT2D eigenvalue weighted by molar-refractivity contribution is -0.115. The van der Waals surface area contributed by atoms with Gasteiger partial charge in [-0.3, -0.25) is 9.59 Å². The van der Waals surface area contributed by atoms with Crippen LogP contribution in [0.3, 0.4) is 0 Å². The Morgan fingerprint density at radius 1 is 0.649 bits per heavy atom. The summed E-state index contributed by atoms with van der Waals surface area (Å²) in [7, 11) is 0. The van der Waals surface area contributed by atoms with E-state index in [1.54, 1.807) is 24.3 Å². The number of carbonyl (C=O) groups excluding carboxylic acids is 2. The van der Waals surface area contributed by atoms with Crippen LogP contribution < -0.4 is 10.6 Å². The first-order chi connectivity index (χ1) is 18.0. The predicted molar refractivity (Wildman–Crippen MR) is 153 cm³/mol. The third-order valence-corrected chi connectivity index (χ3v) is 7.27. The van der Waals surface area contributed by atoms with Gasteiger partial charge in [-0.25, -0.2) is 0 Å². The SMILES string of the molecule is O=C(Nc1cccc(SC(C(=O)Nc2ccc3ccccc3c2)c2ccccc2)c1)c1cccc(Cl)c1. The molecule has 0 aromatic heterocycles. The number of nitrogens with one attached hydrogen (secondary N) is 2. The molecule has 0 spiro atoms. The highest BCUT2D eigenvalue weighted by atomic mass is 35.5. The number of rotatable bonds is 7. The van der Waals surface area contributed by atoms with Gasteiger partial charge in [0, 0.05) is 26.9 Å². The van der Waals surface area contributed by atoms with E-state index in [4.69, 9.17) is 11.6 Å². The molecule has 5 rings (SSSR count). The second kappa shape index (κ2) is 11.3. The Hall–Kier alpha value is -4.06. The molecule has 2 amide bonds. The maximum Gasteiger partial charge on any atom is 0.255 e. The summed E-state index contributed by atoms with van der Waals surface area (Å²) < 4.78 is 0.